The first-order chi connectivity index (χ1) is 20.5. The van der Waals surface area contributed by atoms with Gasteiger partial charge in [0.25, 0.3) is 0 Å². The molecule has 10 heteroatoms. The minimum atomic E-state index is -4.04. The van der Waals surface area contributed by atoms with Crippen LogP contribution in [0.3, 0.4) is 0 Å². The average Bonchev–Trinajstić information content (AvgIpc) is 2.99. The Labute approximate surface area is 263 Å². The molecule has 226 valence electrons. The second-order valence-corrected chi connectivity index (χ2v) is 13.7. The number of hydrogen-bond donors (Lipinski definition) is 1. The molecule has 2 amide bonds. The molecule has 0 aromatic heterocycles. The lowest BCUT2D eigenvalue weighted by Gasteiger charge is -2.33. The van der Waals surface area contributed by atoms with Crippen molar-refractivity contribution in [1.82, 2.24) is 14.5 Å². The number of sulfonamides is 1. The van der Waals surface area contributed by atoms with Gasteiger partial charge in [0.1, 0.15) is 6.04 Å². The third-order valence-corrected chi connectivity index (χ3v) is 9.64. The predicted octanol–water partition coefficient (Wildman–Crippen LogP) is 6.18. The van der Waals surface area contributed by atoms with Crippen LogP contribution in [0.4, 0.5) is 0 Å². The zero-order valence-electron chi connectivity index (χ0n) is 24.3. The van der Waals surface area contributed by atoms with Crippen LogP contribution in [-0.4, -0.2) is 55.6 Å². The zero-order valence-corrected chi connectivity index (χ0v) is 26.7. The summed E-state index contributed by atoms with van der Waals surface area (Å²) in [5.41, 5.74) is 1.31. The van der Waals surface area contributed by atoms with E-state index < -0.39 is 28.5 Å². The van der Waals surface area contributed by atoms with Gasteiger partial charge in [-0.3, -0.25) is 9.59 Å². The van der Waals surface area contributed by atoms with Crippen LogP contribution in [0.25, 0.3) is 10.8 Å². The van der Waals surface area contributed by atoms with Gasteiger partial charge in [0.2, 0.25) is 21.8 Å². The Morgan fingerprint density at radius 3 is 2.12 bits per heavy atom. The lowest BCUT2D eigenvalue weighted by Crippen LogP contribution is -2.53. The van der Waals surface area contributed by atoms with Crippen molar-refractivity contribution >= 4 is 55.8 Å². The largest absolute Gasteiger partial charge is 0.354 e. The highest BCUT2D eigenvalue weighted by Gasteiger charge is 2.34. The van der Waals surface area contributed by atoms with Crippen LogP contribution in [-0.2, 0) is 32.6 Å². The van der Waals surface area contributed by atoms with Crippen molar-refractivity contribution in [2.24, 2.45) is 5.92 Å². The summed E-state index contributed by atoms with van der Waals surface area (Å²) in [7, 11) is -2.69. The average molecular weight is 641 g/mol. The molecular weight excluding hydrogens is 605 g/mol. The summed E-state index contributed by atoms with van der Waals surface area (Å²) in [4.78, 5) is 29.2. The van der Waals surface area contributed by atoms with E-state index >= 15 is 0 Å². The smallest absolute Gasteiger partial charge is 0.243 e. The molecular formula is C33H35Cl2N3O4S. The fraction of sp³-hybridized carbons (Fsp3) is 0.273. The summed E-state index contributed by atoms with van der Waals surface area (Å²) in [5, 5.41) is 5.29. The third kappa shape index (κ3) is 8.15. The number of amides is 2. The van der Waals surface area contributed by atoms with Crippen molar-refractivity contribution in [2.75, 3.05) is 20.1 Å². The SMILES string of the molecule is CC(C)CNC(=O)[C@H](Cc1ccccc1)N(Cc1c(Cl)cccc1Cl)C(=O)CN(C)S(=O)(=O)c1ccc2ccccc2c1. The van der Waals surface area contributed by atoms with E-state index in [0.29, 0.717) is 22.2 Å². The summed E-state index contributed by atoms with van der Waals surface area (Å²) < 4.78 is 28.2. The summed E-state index contributed by atoms with van der Waals surface area (Å²) >= 11 is 13.0. The zero-order chi connectivity index (χ0) is 31.1. The summed E-state index contributed by atoms with van der Waals surface area (Å²) in [6.45, 7) is 3.78. The molecule has 0 heterocycles. The molecule has 0 bridgehead atoms. The number of benzene rings is 4. The van der Waals surface area contributed by atoms with Crippen molar-refractivity contribution in [3.63, 3.8) is 0 Å². The van der Waals surface area contributed by atoms with Gasteiger partial charge >= 0.3 is 0 Å². The Kier molecular flexibility index (Phi) is 10.8. The summed E-state index contributed by atoms with van der Waals surface area (Å²) in [6, 6.07) is 25.7. The standard InChI is InChI=1S/C33H35Cl2N3O4S/c1-23(2)20-36-33(40)31(18-24-10-5-4-6-11-24)38(21-28-29(34)14-9-15-30(28)35)32(39)22-37(3)43(41,42)27-17-16-25-12-7-8-13-26(25)19-27/h4-17,19,23,31H,18,20-22H2,1-3H3,(H,36,40)/t31-/m0/s1. The molecule has 0 aliphatic carbocycles. The van der Waals surface area contributed by atoms with Crippen LogP contribution in [0.15, 0.2) is 95.9 Å². The number of carbonyl (C=O) groups is 2. The van der Waals surface area contributed by atoms with Crippen molar-refractivity contribution in [2.45, 2.75) is 37.8 Å². The van der Waals surface area contributed by atoms with Crippen LogP contribution >= 0.6 is 23.2 Å². The van der Waals surface area contributed by atoms with Crippen LogP contribution in [0, 0.1) is 5.92 Å². The van der Waals surface area contributed by atoms with Gasteiger partial charge in [0.15, 0.2) is 0 Å². The first kappa shape index (κ1) is 32.5. The first-order valence-corrected chi connectivity index (χ1v) is 16.2. The molecule has 4 aromatic carbocycles. The van der Waals surface area contributed by atoms with Gasteiger partial charge in [-0.25, -0.2) is 8.42 Å². The number of likely N-dealkylation sites (N-methyl/N-ethyl adjacent to an activating group) is 1. The quantitative estimate of drug-likeness (QED) is 0.201. The lowest BCUT2D eigenvalue weighted by molar-refractivity contribution is -0.141. The number of fused-ring (bicyclic) bond motifs is 1. The molecule has 0 fully saturated rings. The molecule has 0 aliphatic rings. The van der Waals surface area contributed by atoms with Crippen molar-refractivity contribution < 1.29 is 18.0 Å². The van der Waals surface area contributed by atoms with E-state index in [0.717, 1.165) is 20.6 Å². The van der Waals surface area contributed by atoms with Gasteiger partial charge in [-0.15, -0.1) is 0 Å². The Morgan fingerprint density at radius 2 is 1.47 bits per heavy atom. The maximum atomic E-state index is 14.1. The molecule has 4 aromatic rings. The van der Waals surface area contributed by atoms with Crippen LogP contribution < -0.4 is 5.32 Å². The van der Waals surface area contributed by atoms with E-state index in [-0.39, 0.29) is 29.7 Å². The van der Waals surface area contributed by atoms with Crippen LogP contribution in [0.5, 0.6) is 0 Å². The van der Waals surface area contributed by atoms with E-state index in [1.54, 1.807) is 30.3 Å². The van der Waals surface area contributed by atoms with Gasteiger partial charge in [-0.1, -0.05) is 104 Å². The Hall–Kier alpha value is -3.43. The fourth-order valence-electron chi connectivity index (χ4n) is 4.70. The number of carbonyl (C=O) groups excluding carboxylic acids is 2. The van der Waals surface area contributed by atoms with Crippen molar-refractivity contribution in [1.29, 1.82) is 0 Å². The molecule has 0 radical (unpaired) electrons. The Bertz CT molecular complexity index is 1680. The number of rotatable bonds is 12. The Balaban J connectivity index is 1.70. The van der Waals surface area contributed by atoms with E-state index in [1.807, 2.05) is 68.4 Å². The van der Waals surface area contributed by atoms with Gasteiger partial charge in [-0.05, 0) is 46.5 Å². The topological polar surface area (TPSA) is 86.8 Å². The fourth-order valence-corrected chi connectivity index (χ4v) is 6.38. The summed E-state index contributed by atoms with van der Waals surface area (Å²) in [6.07, 6.45) is 0.208. The molecule has 0 unspecified atom stereocenters. The Morgan fingerprint density at radius 1 is 0.837 bits per heavy atom. The number of halogens is 2. The molecule has 0 saturated carbocycles. The maximum Gasteiger partial charge on any atom is 0.243 e. The highest BCUT2D eigenvalue weighted by molar-refractivity contribution is 7.89. The maximum absolute atomic E-state index is 14.1. The normalized spacial score (nSPS) is 12.4. The lowest BCUT2D eigenvalue weighted by atomic mass is 10.0. The van der Waals surface area contributed by atoms with Crippen LogP contribution in [0.1, 0.15) is 25.0 Å². The van der Waals surface area contributed by atoms with Gasteiger partial charge < -0.3 is 10.2 Å². The third-order valence-electron chi connectivity index (χ3n) is 7.13. The van der Waals surface area contributed by atoms with E-state index in [1.165, 1.54) is 18.0 Å². The molecule has 7 nitrogen and oxygen atoms in total. The molecule has 0 spiro atoms. The summed E-state index contributed by atoms with van der Waals surface area (Å²) in [5.74, 6) is -0.737. The molecule has 0 aliphatic heterocycles. The highest BCUT2D eigenvalue weighted by atomic mass is 35.5. The van der Waals surface area contributed by atoms with E-state index in [4.69, 9.17) is 23.2 Å². The second kappa shape index (κ2) is 14.4. The number of nitrogens with zero attached hydrogens (tertiary/aromatic N) is 2. The molecule has 1 atom stereocenters. The van der Waals surface area contributed by atoms with Gasteiger partial charge in [0, 0.05) is 42.2 Å². The van der Waals surface area contributed by atoms with E-state index in [2.05, 4.69) is 5.32 Å². The van der Waals surface area contributed by atoms with Gasteiger partial charge in [0.05, 0.1) is 11.4 Å². The van der Waals surface area contributed by atoms with Crippen LogP contribution in [0.2, 0.25) is 10.0 Å². The van der Waals surface area contributed by atoms with Crippen molar-refractivity contribution in [3.8, 4) is 0 Å². The van der Waals surface area contributed by atoms with E-state index in [9.17, 15) is 18.0 Å². The first-order valence-electron chi connectivity index (χ1n) is 14.0. The molecule has 0 saturated heterocycles. The van der Waals surface area contributed by atoms with Crippen molar-refractivity contribution in [3.05, 3.63) is 112 Å². The minimum absolute atomic E-state index is 0.0673. The molecule has 1 N–H and O–H groups in total. The predicted molar refractivity (Wildman–Crippen MR) is 173 cm³/mol. The molecule has 4 rings (SSSR count). The highest BCUT2D eigenvalue weighted by Crippen LogP contribution is 2.28. The second-order valence-electron chi connectivity index (χ2n) is 10.8. The number of nitrogens with one attached hydrogen (secondary N) is 1. The number of hydrogen-bond acceptors (Lipinski definition) is 4. The monoisotopic (exact) mass is 639 g/mol. The minimum Gasteiger partial charge on any atom is -0.354 e. The van der Waals surface area contributed by atoms with Gasteiger partial charge in [-0.2, -0.15) is 4.31 Å². The molecule has 43 heavy (non-hydrogen) atoms.